The van der Waals surface area contributed by atoms with Crippen molar-refractivity contribution in [3.63, 3.8) is 0 Å². The molecule has 1 aromatic carbocycles. The van der Waals surface area contributed by atoms with Crippen molar-refractivity contribution in [2.45, 2.75) is 13.5 Å². The number of fused-ring (bicyclic) bond motifs is 1. The third-order valence-corrected chi connectivity index (χ3v) is 2.77. The van der Waals surface area contributed by atoms with Crippen molar-refractivity contribution in [2.75, 3.05) is 5.32 Å². The van der Waals surface area contributed by atoms with Crippen molar-refractivity contribution in [3.8, 4) is 0 Å². The SMILES string of the molecule is Cc1noc(CNc2nc(C(=O)O)nc3ccccc23)n1. The van der Waals surface area contributed by atoms with E-state index >= 15 is 0 Å². The minimum Gasteiger partial charge on any atom is -0.475 e. The fourth-order valence-electron chi connectivity index (χ4n) is 1.88. The van der Waals surface area contributed by atoms with Gasteiger partial charge in [0, 0.05) is 5.39 Å². The Labute approximate surface area is 118 Å². The Morgan fingerprint density at radius 1 is 1.29 bits per heavy atom. The van der Waals surface area contributed by atoms with Gasteiger partial charge in [0.25, 0.3) is 0 Å². The third kappa shape index (κ3) is 2.64. The molecule has 0 spiro atoms. The van der Waals surface area contributed by atoms with Crippen LogP contribution in [0.3, 0.4) is 0 Å². The Morgan fingerprint density at radius 2 is 2.10 bits per heavy atom. The maximum Gasteiger partial charge on any atom is 0.374 e. The number of carboxylic acids is 1. The predicted molar refractivity (Wildman–Crippen MR) is 72.9 cm³/mol. The maximum absolute atomic E-state index is 11.1. The number of nitrogens with zero attached hydrogens (tertiary/aromatic N) is 4. The van der Waals surface area contributed by atoms with Crippen molar-refractivity contribution in [1.29, 1.82) is 0 Å². The van der Waals surface area contributed by atoms with Gasteiger partial charge in [0.1, 0.15) is 5.82 Å². The number of anilines is 1. The van der Waals surface area contributed by atoms with E-state index in [1.807, 2.05) is 12.1 Å². The van der Waals surface area contributed by atoms with Gasteiger partial charge in [0.15, 0.2) is 5.82 Å². The molecular weight excluding hydrogens is 274 g/mol. The van der Waals surface area contributed by atoms with Crippen LogP contribution in [0.15, 0.2) is 28.8 Å². The van der Waals surface area contributed by atoms with Gasteiger partial charge >= 0.3 is 5.97 Å². The molecule has 0 aliphatic rings. The first-order valence-electron chi connectivity index (χ1n) is 6.16. The van der Waals surface area contributed by atoms with E-state index in [0.717, 1.165) is 5.39 Å². The molecule has 0 fully saturated rings. The number of carbonyl (C=O) groups is 1. The van der Waals surface area contributed by atoms with Crippen LogP contribution in [0.4, 0.5) is 5.82 Å². The van der Waals surface area contributed by atoms with Crippen molar-refractivity contribution in [3.05, 3.63) is 41.8 Å². The van der Waals surface area contributed by atoms with Gasteiger partial charge in [0.05, 0.1) is 12.1 Å². The topological polar surface area (TPSA) is 114 Å². The summed E-state index contributed by atoms with van der Waals surface area (Å²) in [4.78, 5) is 23.1. The van der Waals surface area contributed by atoms with E-state index in [1.165, 1.54) is 0 Å². The van der Waals surface area contributed by atoms with Gasteiger partial charge in [-0.2, -0.15) is 4.98 Å². The summed E-state index contributed by atoms with van der Waals surface area (Å²) < 4.78 is 4.99. The average Bonchev–Trinajstić information content (AvgIpc) is 2.90. The van der Waals surface area contributed by atoms with Crippen LogP contribution in [0.25, 0.3) is 10.9 Å². The van der Waals surface area contributed by atoms with Crippen LogP contribution < -0.4 is 5.32 Å². The van der Waals surface area contributed by atoms with E-state index < -0.39 is 5.97 Å². The number of carboxylic acid groups (broad SMARTS) is 1. The molecule has 0 bridgehead atoms. The summed E-state index contributed by atoms with van der Waals surface area (Å²) in [6, 6.07) is 7.15. The highest BCUT2D eigenvalue weighted by Gasteiger charge is 2.13. The second-order valence-electron chi connectivity index (χ2n) is 4.31. The zero-order valence-electron chi connectivity index (χ0n) is 11.1. The highest BCUT2D eigenvalue weighted by atomic mass is 16.5. The lowest BCUT2D eigenvalue weighted by Crippen LogP contribution is -2.09. The zero-order valence-corrected chi connectivity index (χ0v) is 11.1. The van der Waals surface area contributed by atoms with Crippen molar-refractivity contribution >= 4 is 22.7 Å². The van der Waals surface area contributed by atoms with E-state index in [4.69, 9.17) is 9.63 Å². The van der Waals surface area contributed by atoms with E-state index in [9.17, 15) is 4.79 Å². The molecule has 21 heavy (non-hydrogen) atoms. The number of para-hydroxylation sites is 1. The van der Waals surface area contributed by atoms with Gasteiger partial charge in [0.2, 0.25) is 11.7 Å². The Morgan fingerprint density at radius 3 is 2.81 bits per heavy atom. The third-order valence-electron chi connectivity index (χ3n) is 2.77. The predicted octanol–water partition coefficient (Wildman–Crippen LogP) is 1.63. The molecule has 0 aliphatic carbocycles. The van der Waals surface area contributed by atoms with Crippen LogP contribution in [-0.2, 0) is 6.54 Å². The average molecular weight is 285 g/mol. The maximum atomic E-state index is 11.1. The first-order valence-corrected chi connectivity index (χ1v) is 6.16. The standard InChI is InChI=1S/C13H11N5O3/c1-7-15-10(21-18-7)6-14-11-8-4-2-3-5-9(8)16-12(17-11)13(19)20/h2-5H,6H2,1H3,(H,19,20)(H,14,16,17). The number of hydrogen-bond acceptors (Lipinski definition) is 7. The Kier molecular flexibility index (Phi) is 3.19. The molecule has 8 nitrogen and oxygen atoms in total. The molecule has 0 saturated carbocycles. The summed E-state index contributed by atoms with van der Waals surface area (Å²) >= 11 is 0. The lowest BCUT2D eigenvalue weighted by Gasteiger charge is -2.07. The normalized spacial score (nSPS) is 10.7. The molecule has 8 heteroatoms. The Hall–Kier alpha value is -3.03. The molecule has 3 aromatic rings. The second kappa shape index (κ2) is 5.16. The van der Waals surface area contributed by atoms with E-state index in [-0.39, 0.29) is 12.4 Å². The van der Waals surface area contributed by atoms with E-state index in [2.05, 4.69) is 25.4 Å². The van der Waals surface area contributed by atoms with Gasteiger partial charge in [-0.3, -0.25) is 0 Å². The summed E-state index contributed by atoms with van der Waals surface area (Å²) in [6.45, 7) is 1.97. The molecule has 2 heterocycles. The quantitative estimate of drug-likeness (QED) is 0.743. The number of rotatable bonds is 4. The second-order valence-corrected chi connectivity index (χ2v) is 4.31. The van der Waals surface area contributed by atoms with Crippen molar-refractivity contribution in [1.82, 2.24) is 20.1 Å². The van der Waals surface area contributed by atoms with Gasteiger partial charge in [-0.1, -0.05) is 17.3 Å². The number of aromatic carboxylic acids is 1. The summed E-state index contributed by atoms with van der Waals surface area (Å²) in [5, 5.41) is 16.5. The lowest BCUT2D eigenvalue weighted by atomic mass is 10.2. The molecule has 2 N–H and O–H groups in total. The minimum absolute atomic E-state index is 0.251. The summed E-state index contributed by atoms with van der Waals surface area (Å²) in [7, 11) is 0. The lowest BCUT2D eigenvalue weighted by molar-refractivity contribution is 0.0684. The molecule has 2 aromatic heterocycles. The number of benzene rings is 1. The van der Waals surface area contributed by atoms with E-state index in [1.54, 1.807) is 19.1 Å². The highest BCUT2D eigenvalue weighted by molar-refractivity contribution is 5.93. The Balaban J connectivity index is 1.97. The monoisotopic (exact) mass is 285 g/mol. The summed E-state index contributed by atoms with van der Waals surface area (Å²) in [5.74, 6) is -0.109. The van der Waals surface area contributed by atoms with Crippen molar-refractivity contribution in [2.24, 2.45) is 0 Å². The van der Waals surface area contributed by atoms with Crippen LogP contribution in [-0.4, -0.2) is 31.2 Å². The number of nitrogens with one attached hydrogen (secondary N) is 1. The van der Waals surface area contributed by atoms with Crippen molar-refractivity contribution < 1.29 is 14.4 Å². The van der Waals surface area contributed by atoms with Crippen LogP contribution in [0, 0.1) is 6.92 Å². The molecule has 0 amide bonds. The number of aromatic nitrogens is 4. The van der Waals surface area contributed by atoms with E-state index in [0.29, 0.717) is 23.0 Å². The first-order chi connectivity index (χ1) is 10.1. The van der Waals surface area contributed by atoms with Crippen LogP contribution in [0.5, 0.6) is 0 Å². The van der Waals surface area contributed by atoms with Crippen LogP contribution >= 0.6 is 0 Å². The zero-order chi connectivity index (χ0) is 14.8. The fourth-order valence-corrected chi connectivity index (χ4v) is 1.88. The molecule has 0 unspecified atom stereocenters. The van der Waals surface area contributed by atoms with Gasteiger partial charge in [-0.25, -0.2) is 14.8 Å². The molecular formula is C13H11N5O3. The highest BCUT2D eigenvalue weighted by Crippen LogP contribution is 2.20. The minimum atomic E-state index is -1.18. The van der Waals surface area contributed by atoms with Crippen LogP contribution in [0.2, 0.25) is 0 Å². The molecule has 0 atom stereocenters. The summed E-state index contributed by atoms with van der Waals surface area (Å²) in [6.07, 6.45) is 0. The molecule has 106 valence electrons. The first kappa shape index (κ1) is 13.0. The Bertz CT molecular complexity index is 814. The van der Waals surface area contributed by atoms with Crippen LogP contribution in [0.1, 0.15) is 22.3 Å². The number of hydrogen-bond donors (Lipinski definition) is 2. The molecule has 0 aliphatic heterocycles. The van der Waals surface area contributed by atoms with Gasteiger partial charge in [-0.05, 0) is 19.1 Å². The fraction of sp³-hybridized carbons (Fsp3) is 0.154. The molecule has 3 rings (SSSR count). The largest absolute Gasteiger partial charge is 0.475 e. The number of aryl methyl sites for hydroxylation is 1. The van der Waals surface area contributed by atoms with Gasteiger partial charge < -0.3 is 14.9 Å². The smallest absolute Gasteiger partial charge is 0.374 e. The molecule has 0 radical (unpaired) electrons. The van der Waals surface area contributed by atoms with Gasteiger partial charge in [-0.15, -0.1) is 0 Å². The summed E-state index contributed by atoms with van der Waals surface area (Å²) in [5.41, 5.74) is 0.550. The molecule has 0 saturated heterocycles.